The molecule has 3 aromatic rings. The number of aromatic nitrogens is 4. The number of hydrogen-bond donors (Lipinski definition) is 1. The minimum absolute atomic E-state index is 0.116. The van der Waals surface area contributed by atoms with Crippen molar-refractivity contribution in [1.29, 1.82) is 0 Å². The van der Waals surface area contributed by atoms with Crippen LogP contribution in [-0.2, 0) is 9.47 Å². The van der Waals surface area contributed by atoms with E-state index in [9.17, 15) is 13.6 Å². The van der Waals surface area contributed by atoms with Crippen LogP contribution in [0.15, 0.2) is 30.3 Å². The second kappa shape index (κ2) is 12.1. The fraction of sp³-hybridized carbons (Fsp3) is 0.586. The van der Waals surface area contributed by atoms with Crippen LogP contribution in [0.4, 0.5) is 25.3 Å². The maximum Gasteiger partial charge on any atom is 0.410 e. The molecule has 0 unspecified atom stereocenters. The molecular formula is C29H39F2N7O3. The van der Waals surface area contributed by atoms with Gasteiger partial charge in [0.2, 0.25) is 5.95 Å². The summed E-state index contributed by atoms with van der Waals surface area (Å²) in [7, 11) is 0. The van der Waals surface area contributed by atoms with Crippen LogP contribution >= 0.6 is 0 Å². The van der Waals surface area contributed by atoms with E-state index < -0.39 is 12.0 Å². The molecule has 10 nitrogen and oxygen atoms in total. The number of rotatable bonds is 7. The van der Waals surface area contributed by atoms with Gasteiger partial charge in [0.15, 0.2) is 5.82 Å². The van der Waals surface area contributed by atoms with Crippen LogP contribution in [0.1, 0.15) is 59.2 Å². The van der Waals surface area contributed by atoms with Crippen molar-refractivity contribution in [3.8, 4) is 5.82 Å². The Hall–Kier alpha value is -3.54. The molecule has 0 spiro atoms. The van der Waals surface area contributed by atoms with E-state index in [1.54, 1.807) is 35.2 Å². The topological polar surface area (TPSA) is 97.6 Å². The quantitative estimate of drug-likeness (QED) is 0.401. The van der Waals surface area contributed by atoms with Gasteiger partial charge in [-0.2, -0.15) is 9.97 Å². The number of para-hydroxylation sites is 2. The standard InChI is InChI=1S/C29H39F2N7O3/c1-5-20-18-40-15-14-37(20)23-16-24(38-22-9-7-6-8-21(22)33-26(38)25(30)31)35-27(34-23)32-17-19-10-12-36(13-11-19)28(39)41-29(2,3)4/h6-9,16,19-20,25H,5,10-15,17-18H2,1-4H3,(H,32,34,35)/t20-/m1/s1. The van der Waals surface area contributed by atoms with Crippen molar-refractivity contribution >= 4 is 28.9 Å². The molecule has 5 rings (SSSR count). The monoisotopic (exact) mass is 571 g/mol. The van der Waals surface area contributed by atoms with Gasteiger partial charge >= 0.3 is 6.09 Å². The summed E-state index contributed by atoms with van der Waals surface area (Å²) in [5.41, 5.74) is 0.506. The largest absolute Gasteiger partial charge is 0.444 e. The van der Waals surface area contributed by atoms with Crippen molar-refractivity contribution < 1.29 is 23.0 Å². The summed E-state index contributed by atoms with van der Waals surface area (Å²) in [6.45, 7) is 11.3. The minimum Gasteiger partial charge on any atom is -0.444 e. The highest BCUT2D eigenvalue weighted by Crippen LogP contribution is 2.30. The number of carbonyl (C=O) groups is 1. The third kappa shape index (κ3) is 6.69. The van der Waals surface area contributed by atoms with E-state index in [-0.39, 0.29) is 18.0 Å². The lowest BCUT2D eigenvalue weighted by molar-refractivity contribution is 0.0188. The van der Waals surface area contributed by atoms with Gasteiger partial charge in [0.1, 0.15) is 17.2 Å². The number of imidazole rings is 1. The summed E-state index contributed by atoms with van der Waals surface area (Å²) in [6.07, 6.45) is -0.597. The maximum atomic E-state index is 14.2. The van der Waals surface area contributed by atoms with Crippen molar-refractivity contribution in [3.05, 3.63) is 36.2 Å². The number of fused-ring (bicyclic) bond motifs is 1. The minimum atomic E-state index is -2.78. The molecule has 2 saturated heterocycles. The Balaban J connectivity index is 1.40. The molecule has 2 aliphatic rings. The summed E-state index contributed by atoms with van der Waals surface area (Å²) in [5.74, 6) is 1.30. The van der Waals surface area contributed by atoms with Crippen molar-refractivity contribution in [2.45, 2.75) is 65.0 Å². The highest BCUT2D eigenvalue weighted by atomic mass is 19.3. The summed E-state index contributed by atoms with van der Waals surface area (Å²) in [6, 6.07) is 8.95. The molecule has 1 atom stereocenters. The third-order valence-electron chi connectivity index (χ3n) is 7.52. The van der Waals surface area contributed by atoms with Gasteiger partial charge in [0.05, 0.1) is 30.3 Å². The highest BCUT2D eigenvalue weighted by Gasteiger charge is 2.29. The van der Waals surface area contributed by atoms with E-state index in [1.807, 2.05) is 20.8 Å². The van der Waals surface area contributed by atoms with Crippen molar-refractivity contribution in [3.63, 3.8) is 0 Å². The van der Waals surface area contributed by atoms with Gasteiger partial charge in [0, 0.05) is 32.2 Å². The molecule has 1 amide bonds. The lowest BCUT2D eigenvalue weighted by Gasteiger charge is -2.36. The summed E-state index contributed by atoms with van der Waals surface area (Å²) >= 11 is 0. The number of anilines is 2. The zero-order valence-electron chi connectivity index (χ0n) is 24.1. The summed E-state index contributed by atoms with van der Waals surface area (Å²) < 4.78 is 41.0. The number of benzene rings is 1. The molecule has 2 aliphatic heterocycles. The lowest BCUT2D eigenvalue weighted by Crippen LogP contribution is -2.45. The molecule has 1 N–H and O–H groups in total. The summed E-state index contributed by atoms with van der Waals surface area (Å²) in [5, 5.41) is 3.37. The molecule has 0 bridgehead atoms. The maximum absolute atomic E-state index is 14.2. The van der Waals surface area contributed by atoms with E-state index in [4.69, 9.17) is 19.4 Å². The van der Waals surface area contributed by atoms with Crippen LogP contribution in [0.3, 0.4) is 0 Å². The van der Waals surface area contributed by atoms with Gasteiger partial charge in [-0.25, -0.2) is 18.6 Å². The number of piperidine rings is 1. The number of alkyl halides is 2. The molecular weight excluding hydrogens is 532 g/mol. The van der Waals surface area contributed by atoms with Gasteiger partial charge in [-0.3, -0.25) is 4.57 Å². The molecule has 2 fully saturated rings. The number of carbonyl (C=O) groups excluding carboxylic acids is 1. The number of halogens is 2. The van der Waals surface area contributed by atoms with E-state index in [0.29, 0.717) is 73.9 Å². The molecule has 2 aromatic heterocycles. The molecule has 4 heterocycles. The smallest absolute Gasteiger partial charge is 0.410 e. The molecule has 0 saturated carbocycles. The second-order valence-corrected chi connectivity index (χ2v) is 11.6. The number of hydrogen-bond acceptors (Lipinski definition) is 8. The predicted octanol–water partition coefficient (Wildman–Crippen LogP) is 5.43. The average molecular weight is 572 g/mol. The Morgan fingerprint density at radius 3 is 2.56 bits per heavy atom. The van der Waals surface area contributed by atoms with E-state index in [1.165, 1.54) is 4.57 Å². The fourth-order valence-electron chi connectivity index (χ4n) is 5.37. The normalized spacial score (nSPS) is 18.8. The first-order valence-corrected chi connectivity index (χ1v) is 14.3. The number of nitrogens with one attached hydrogen (secondary N) is 1. The first kappa shape index (κ1) is 29.0. The molecule has 41 heavy (non-hydrogen) atoms. The molecule has 222 valence electrons. The van der Waals surface area contributed by atoms with Crippen LogP contribution in [0, 0.1) is 5.92 Å². The highest BCUT2D eigenvalue weighted by molar-refractivity contribution is 5.78. The van der Waals surface area contributed by atoms with E-state index >= 15 is 0 Å². The average Bonchev–Trinajstić information content (AvgIpc) is 3.35. The number of nitrogens with zero attached hydrogens (tertiary/aromatic N) is 6. The Bertz CT molecular complexity index is 1350. The summed E-state index contributed by atoms with van der Waals surface area (Å²) in [4.78, 5) is 30.1. The first-order chi connectivity index (χ1) is 19.6. The zero-order chi connectivity index (χ0) is 29.1. The van der Waals surface area contributed by atoms with E-state index in [2.05, 4.69) is 22.1 Å². The van der Waals surface area contributed by atoms with Gasteiger partial charge in [-0.05, 0) is 58.1 Å². The Kier molecular flexibility index (Phi) is 8.58. The lowest BCUT2D eigenvalue weighted by atomic mass is 9.97. The van der Waals surface area contributed by atoms with Gasteiger partial charge in [0.25, 0.3) is 6.43 Å². The van der Waals surface area contributed by atoms with Crippen molar-refractivity contribution in [1.82, 2.24) is 24.4 Å². The van der Waals surface area contributed by atoms with Crippen LogP contribution in [0.2, 0.25) is 0 Å². The van der Waals surface area contributed by atoms with Crippen LogP contribution < -0.4 is 10.2 Å². The predicted molar refractivity (Wildman–Crippen MR) is 153 cm³/mol. The fourth-order valence-corrected chi connectivity index (χ4v) is 5.37. The Labute approximate surface area is 239 Å². The third-order valence-corrected chi connectivity index (χ3v) is 7.52. The molecule has 0 aliphatic carbocycles. The number of morpholine rings is 1. The first-order valence-electron chi connectivity index (χ1n) is 14.3. The van der Waals surface area contributed by atoms with Crippen molar-refractivity contribution in [2.75, 3.05) is 49.6 Å². The Morgan fingerprint density at radius 1 is 1.12 bits per heavy atom. The zero-order valence-corrected chi connectivity index (χ0v) is 24.1. The van der Waals surface area contributed by atoms with Crippen LogP contribution in [-0.4, -0.2) is 81.5 Å². The molecule has 0 radical (unpaired) electrons. The number of amides is 1. The van der Waals surface area contributed by atoms with Gasteiger partial charge in [-0.15, -0.1) is 0 Å². The Morgan fingerprint density at radius 2 is 1.85 bits per heavy atom. The van der Waals surface area contributed by atoms with Crippen molar-refractivity contribution in [2.24, 2.45) is 5.92 Å². The SMILES string of the molecule is CC[C@@H]1COCCN1c1cc(-n2c(C(F)F)nc3ccccc32)nc(NCC2CCN(C(=O)OC(C)(C)C)CC2)n1. The molecule has 12 heteroatoms. The molecule has 1 aromatic carbocycles. The van der Waals surface area contributed by atoms with Crippen LogP contribution in [0.5, 0.6) is 0 Å². The van der Waals surface area contributed by atoms with Crippen LogP contribution in [0.25, 0.3) is 16.9 Å². The van der Waals surface area contributed by atoms with Gasteiger partial charge < -0.3 is 24.6 Å². The van der Waals surface area contributed by atoms with Gasteiger partial charge in [-0.1, -0.05) is 19.1 Å². The number of likely N-dealkylation sites (tertiary alicyclic amines) is 1. The second-order valence-electron chi connectivity index (χ2n) is 11.6. The van der Waals surface area contributed by atoms with E-state index in [0.717, 1.165) is 19.3 Å². The number of ether oxygens (including phenoxy) is 2.